The number of benzene rings is 1. The van der Waals surface area contributed by atoms with Gasteiger partial charge in [-0.05, 0) is 49.2 Å². The van der Waals surface area contributed by atoms with Crippen LogP contribution in [0.2, 0.25) is 5.02 Å². The fourth-order valence-corrected chi connectivity index (χ4v) is 3.57. The number of hydrogen-bond acceptors (Lipinski definition) is 5. The second kappa shape index (κ2) is 11.4. The molecule has 2 heterocycles. The summed E-state index contributed by atoms with van der Waals surface area (Å²) in [5, 5.41) is 5.92. The van der Waals surface area contributed by atoms with Gasteiger partial charge in [0.15, 0.2) is 0 Å². The Kier molecular flexibility index (Phi) is 8.37. The Bertz CT molecular complexity index is 883. The molecule has 1 aliphatic heterocycles. The third-order valence-electron chi connectivity index (χ3n) is 5.10. The largest absolute Gasteiger partial charge is 0.370 e. The number of carbonyl (C=O) groups is 3. The zero-order valence-electron chi connectivity index (χ0n) is 17.1. The quantitative estimate of drug-likeness (QED) is 0.687. The first-order chi connectivity index (χ1) is 15.1. The Labute approximate surface area is 185 Å². The number of halogens is 1. The van der Waals surface area contributed by atoms with Gasteiger partial charge in [0, 0.05) is 30.0 Å². The third kappa shape index (κ3) is 6.77. The highest BCUT2D eigenvalue weighted by atomic mass is 35.5. The van der Waals surface area contributed by atoms with Gasteiger partial charge in [-0.2, -0.15) is 0 Å². The molecular weight excluding hydrogens is 420 g/mol. The molecule has 3 amide bonds. The van der Waals surface area contributed by atoms with E-state index >= 15 is 0 Å². The molecule has 0 radical (unpaired) electrons. The Morgan fingerprint density at radius 1 is 1.16 bits per heavy atom. The van der Waals surface area contributed by atoms with Crippen LogP contribution in [-0.4, -0.2) is 43.0 Å². The van der Waals surface area contributed by atoms with Crippen molar-refractivity contribution in [2.24, 2.45) is 5.92 Å². The van der Waals surface area contributed by atoms with E-state index < -0.39 is 0 Å². The number of rotatable bonds is 5. The number of morpholine rings is 1. The standard InChI is InChI=1S/C11H13ClN2O.C11H12N2O3/c12-9-5-6-10(13-7-9)14-11(15)8-3-1-2-4-8;14-8-12-9-1-3-10(4-2-9)13-5-6-16-7-11(13)15/h5-8H,1-4H2,(H,13,14,15);1-4,8H,5-7H2,(H,12,14). The van der Waals surface area contributed by atoms with Crippen molar-refractivity contribution < 1.29 is 19.1 Å². The van der Waals surface area contributed by atoms with Gasteiger partial charge >= 0.3 is 0 Å². The Balaban J connectivity index is 0.000000176. The van der Waals surface area contributed by atoms with Crippen LogP contribution in [0.15, 0.2) is 42.6 Å². The molecule has 1 aromatic heterocycles. The predicted octanol–water partition coefficient (Wildman–Crippen LogP) is 3.48. The van der Waals surface area contributed by atoms with Crippen LogP contribution in [-0.2, 0) is 19.1 Å². The van der Waals surface area contributed by atoms with Crippen LogP contribution in [0.5, 0.6) is 0 Å². The molecule has 4 rings (SSSR count). The van der Waals surface area contributed by atoms with E-state index in [1.165, 1.54) is 6.20 Å². The van der Waals surface area contributed by atoms with Crippen molar-refractivity contribution in [2.45, 2.75) is 25.7 Å². The van der Waals surface area contributed by atoms with Crippen molar-refractivity contribution in [3.63, 3.8) is 0 Å². The average molecular weight is 445 g/mol. The van der Waals surface area contributed by atoms with E-state index in [0.717, 1.165) is 31.4 Å². The van der Waals surface area contributed by atoms with Crippen molar-refractivity contribution in [1.29, 1.82) is 0 Å². The van der Waals surface area contributed by atoms with E-state index in [9.17, 15) is 14.4 Å². The van der Waals surface area contributed by atoms with Gasteiger partial charge in [0.2, 0.25) is 12.3 Å². The minimum Gasteiger partial charge on any atom is -0.370 e. The first-order valence-corrected chi connectivity index (χ1v) is 10.6. The smallest absolute Gasteiger partial charge is 0.253 e. The zero-order chi connectivity index (χ0) is 22.1. The van der Waals surface area contributed by atoms with E-state index in [0.29, 0.717) is 36.1 Å². The summed E-state index contributed by atoms with van der Waals surface area (Å²) in [6, 6.07) is 10.6. The summed E-state index contributed by atoms with van der Waals surface area (Å²) in [6.45, 7) is 1.26. The molecule has 2 fully saturated rings. The van der Waals surface area contributed by atoms with E-state index in [-0.39, 0.29) is 24.3 Å². The first kappa shape index (κ1) is 22.7. The maximum Gasteiger partial charge on any atom is 0.253 e. The summed E-state index contributed by atoms with van der Waals surface area (Å²) in [7, 11) is 0. The van der Waals surface area contributed by atoms with Crippen LogP contribution in [0.4, 0.5) is 17.2 Å². The predicted molar refractivity (Wildman–Crippen MR) is 119 cm³/mol. The Morgan fingerprint density at radius 3 is 2.52 bits per heavy atom. The lowest BCUT2D eigenvalue weighted by atomic mass is 10.1. The molecule has 9 heteroatoms. The van der Waals surface area contributed by atoms with Gasteiger partial charge in [0.25, 0.3) is 5.91 Å². The van der Waals surface area contributed by atoms with Crippen molar-refractivity contribution in [3.8, 4) is 0 Å². The zero-order valence-corrected chi connectivity index (χ0v) is 17.8. The van der Waals surface area contributed by atoms with Gasteiger partial charge < -0.3 is 20.3 Å². The highest BCUT2D eigenvalue weighted by Gasteiger charge is 2.22. The van der Waals surface area contributed by atoms with Crippen LogP contribution in [0.1, 0.15) is 25.7 Å². The summed E-state index contributed by atoms with van der Waals surface area (Å²) in [6.07, 6.45) is 6.47. The van der Waals surface area contributed by atoms with Gasteiger partial charge in [-0.3, -0.25) is 14.4 Å². The molecule has 1 aromatic carbocycles. The number of aromatic nitrogens is 1. The molecule has 1 saturated carbocycles. The van der Waals surface area contributed by atoms with Crippen molar-refractivity contribution in [2.75, 3.05) is 35.3 Å². The summed E-state index contributed by atoms with van der Waals surface area (Å²) < 4.78 is 5.05. The summed E-state index contributed by atoms with van der Waals surface area (Å²) in [4.78, 5) is 39.2. The van der Waals surface area contributed by atoms with Crippen LogP contribution in [0.25, 0.3) is 0 Å². The average Bonchev–Trinajstić information content (AvgIpc) is 3.32. The lowest BCUT2D eigenvalue weighted by molar-refractivity contribution is -0.125. The van der Waals surface area contributed by atoms with E-state index in [1.807, 2.05) is 0 Å². The molecule has 1 aliphatic carbocycles. The number of nitrogens with zero attached hydrogens (tertiary/aromatic N) is 2. The van der Waals surface area contributed by atoms with Crippen molar-refractivity contribution in [3.05, 3.63) is 47.6 Å². The SMILES string of the molecule is O=C(Nc1ccc(Cl)cn1)C1CCCC1.O=CNc1ccc(N2CCOCC2=O)cc1. The monoisotopic (exact) mass is 444 g/mol. The number of nitrogens with one attached hydrogen (secondary N) is 2. The third-order valence-corrected chi connectivity index (χ3v) is 5.32. The molecule has 2 aliphatic rings. The maximum atomic E-state index is 11.7. The van der Waals surface area contributed by atoms with Gasteiger partial charge in [0.1, 0.15) is 12.4 Å². The minimum atomic E-state index is -0.0395. The molecule has 164 valence electrons. The summed E-state index contributed by atoms with van der Waals surface area (Å²) in [5.74, 6) is 0.795. The van der Waals surface area contributed by atoms with Crippen LogP contribution in [0, 0.1) is 5.92 Å². The second-order valence-electron chi connectivity index (χ2n) is 7.24. The summed E-state index contributed by atoms with van der Waals surface area (Å²) >= 11 is 5.70. The van der Waals surface area contributed by atoms with Crippen molar-refractivity contribution >= 4 is 47.0 Å². The molecule has 2 N–H and O–H groups in total. The van der Waals surface area contributed by atoms with Crippen molar-refractivity contribution in [1.82, 2.24) is 4.98 Å². The molecule has 0 bridgehead atoms. The number of ether oxygens (including phenoxy) is 1. The van der Waals surface area contributed by atoms with E-state index in [2.05, 4.69) is 15.6 Å². The second-order valence-corrected chi connectivity index (χ2v) is 7.68. The van der Waals surface area contributed by atoms with Gasteiger partial charge in [0.05, 0.1) is 11.6 Å². The fourth-order valence-electron chi connectivity index (χ4n) is 3.46. The molecule has 0 unspecified atom stereocenters. The number of amides is 3. The molecular formula is C22H25ClN4O4. The topological polar surface area (TPSA) is 101 Å². The maximum absolute atomic E-state index is 11.7. The Hall–Kier alpha value is -2.97. The lowest BCUT2D eigenvalue weighted by Crippen LogP contribution is -2.41. The van der Waals surface area contributed by atoms with Gasteiger partial charge in [-0.15, -0.1) is 0 Å². The van der Waals surface area contributed by atoms with Crippen LogP contribution < -0.4 is 15.5 Å². The Morgan fingerprint density at radius 2 is 1.90 bits per heavy atom. The van der Waals surface area contributed by atoms with E-state index in [1.54, 1.807) is 41.3 Å². The van der Waals surface area contributed by atoms with Crippen LogP contribution >= 0.6 is 11.6 Å². The minimum absolute atomic E-state index is 0.0395. The molecule has 2 aromatic rings. The molecule has 0 atom stereocenters. The molecule has 31 heavy (non-hydrogen) atoms. The van der Waals surface area contributed by atoms with Crippen LogP contribution in [0.3, 0.4) is 0 Å². The number of carbonyl (C=O) groups excluding carboxylic acids is 3. The molecule has 8 nitrogen and oxygen atoms in total. The van der Waals surface area contributed by atoms with E-state index in [4.69, 9.17) is 16.3 Å². The molecule has 1 saturated heterocycles. The first-order valence-electron chi connectivity index (χ1n) is 10.2. The highest BCUT2D eigenvalue weighted by Crippen LogP contribution is 2.25. The van der Waals surface area contributed by atoms with Gasteiger partial charge in [-0.25, -0.2) is 4.98 Å². The highest BCUT2D eigenvalue weighted by molar-refractivity contribution is 6.30. The number of anilines is 3. The number of pyridine rings is 1. The lowest BCUT2D eigenvalue weighted by Gasteiger charge is -2.26. The summed E-state index contributed by atoms with van der Waals surface area (Å²) in [5.41, 5.74) is 1.53. The fraction of sp³-hybridized carbons (Fsp3) is 0.364. The van der Waals surface area contributed by atoms with Gasteiger partial charge in [-0.1, -0.05) is 24.4 Å². The molecule has 0 spiro atoms. The normalized spacial score (nSPS) is 16.3. The number of hydrogen-bond donors (Lipinski definition) is 2.